The molecule has 0 bridgehead atoms. The highest BCUT2D eigenvalue weighted by Crippen LogP contribution is 2.26. The van der Waals surface area contributed by atoms with E-state index >= 15 is 0 Å². The van der Waals surface area contributed by atoms with Gasteiger partial charge in [0.2, 0.25) is 10.0 Å². The molecule has 23 heavy (non-hydrogen) atoms. The highest BCUT2D eigenvalue weighted by molar-refractivity contribution is 7.92. The molecule has 130 valence electrons. The fourth-order valence-electron chi connectivity index (χ4n) is 2.75. The van der Waals surface area contributed by atoms with Crippen molar-refractivity contribution in [2.24, 2.45) is 11.7 Å². The molecular formula is C14H21ClFN3O3S. The summed E-state index contributed by atoms with van der Waals surface area (Å²) in [6.07, 6.45) is 3.71. The number of amides is 1. The Morgan fingerprint density at radius 1 is 1.39 bits per heavy atom. The number of nitrogens with one attached hydrogen (secondary N) is 2. The minimum atomic E-state index is -3.56. The minimum absolute atomic E-state index is 0. The molecule has 1 aromatic carbocycles. The second kappa shape index (κ2) is 7.94. The second-order valence-electron chi connectivity index (χ2n) is 5.57. The molecule has 1 fully saturated rings. The van der Waals surface area contributed by atoms with Crippen molar-refractivity contribution in [3.8, 4) is 0 Å². The van der Waals surface area contributed by atoms with Gasteiger partial charge in [-0.05, 0) is 43.5 Å². The predicted molar refractivity (Wildman–Crippen MR) is 89.8 cm³/mol. The Labute approximate surface area is 141 Å². The van der Waals surface area contributed by atoms with Crippen LogP contribution in [0.1, 0.15) is 29.6 Å². The molecule has 1 amide bonds. The zero-order valence-corrected chi connectivity index (χ0v) is 14.3. The molecule has 9 heteroatoms. The third kappa shape index (κ3) is 5.33. The van der Waals surface area contributed by atoms with Crippen LogP contribution in [0.3, 0.4) is 0 Å². The van der Waals surface area contributed by atoms with E-state index in [1.807, 2.05) is 0 Å². The van der Waals surface area contributed by atoms with Crippen LogP contribution in [0, 0.1) is 11.7 Å². The van der Waals surface area contributed by atoms with Gasteiger partial charge in [0.15, 0.2) is 0 Å². The molecule has 6 nitrogen and oxygen atoms in total. The Balaban J connectivity index is 0.00000264. The lowest BCUT2D eigenvalue weighted by Gasteiger charge is -2.20. The first-order valence-electron chi connectivity index (χ1n) is 7.08. The number of nitrogens with two attached hydrogens (primary N) is 1. The van der Waals surface area contributed by atoms with Crippen molar-refractivity contribution in [2.75, 3.05) is 17.5 Å². The highest BCUT2D eigenvalue weighted by Gasteiger charge is 2.28. The smallest absolute Gasteiger partial charge is 0.253 e. The lowest BCUT2D eigenvalue weighted by Crippen LogP contribution is -2.40. The van der Waals surface area contributed by atoms with Crippen molar-refractivity contribution in [3.05, 3.63) is 29.6 Å². The molecule has 0 saturated heterocycles. The van der Waals surface area contributed by atoms with Crippen molar-refractivity contribution in [1.82, 2.24) is 5.32 Å². The van der Waals surface area contributed by atoms with Gasteiger partial charge in [0, 0.05) is 6.04 Å². The Kier molecular flexibility index (Phi) is 6.79. The van der Waals surface area contributed by atoms with E-state index < -0.39 is 21.7 Å². The average Bonchev–Trinajstić information content (AvgIpc) is 2.86. The van der Waals surface area contributed by atoms with Gasteiger partial charge in [0.05, 0.1) is 17.5 Å². The van der Waals surface area contributed by atoms with Gasteiger partial charge in [-0.25, -0.2) is 12.8 Å². The minimum Gasteiger partial charge on any atom is -0.349 e. The molecule has 0 aliphatic heterocycles. The average molecular weight is 366 g/mol. The van der Waals surface area contributed by atoms with Crippen LogP contribution in [0.15, 0.2) is 18.2 Å². The van der Waals surface area contributed by atoms with E-state index in [0.717, 1.165) is 37.7 Å². The molecule has 2 rings (SSSR count). The van der Waals surface area contributed by atoms with E-state index in [1.54, 1.807) is 0 Å². The van der Waals surface area contributed by atoms with E-state index in [2.05, 4.69) is 10.0 Å². The summed E-state index contributed by atoms with van der Waals surface area (Å²) in [5.41, 5.74) is 5.70. The maximum atomic E-state index is 13.4. The number of benzene rings is 1. The van der Waals surface area contributed by atoms with Crippen LogP contribution < -0.4 is 15.8 Å². The van der Waals surface area contributed by atoms with Crippen LogP contribution in [0.25, 0.3) is 0 Å². The standard InChI is InChI=1S/C14H20FN3O3S.ClH/c1-22(20,21)18-13-6-5-10(15)7-11(13)14(19)17-12-4-2-3-9(12)8-16;/h5-7,9,12,18H,2-4,8,16H2,1H3,(H,17,19);1H. The highest BCUT2D eigenvalue weighted by atomic mass is 35.5. The molecule has 0 spiro atoms. The number of hydrogen-bond acceptors (Lipinski definition) is 4. The van der Waals surface area contributed by atoms with Crippen LogP contribution in [0.4, 0.5) is 10.1 Å². The molecule has 0 aromatic heterocycles. The normalized spacial score (nSPS) is 20.7. The van der Waals surface area contributed by atoms with E-state index in [4.69, 9.17) is 5.73 Å². The molecule has 0 radical (unpaired) electrons. The molecule has 1 saturated carbocycles. The summed E-state index contributed by atoms with van der Waals surface area (Å²) in [7, 11) is -3.56. The number of carbonyl (C=O) groups is 1. The molecule has 1 aliphatic rings. The van der Waals surface area contributed by atoms with Crippen LogP contribution in [-0.2, 0) is 10.0 Å². The van der Waals surface area contributed by atoms with Gasteiger partial charge in [-0.2, -0.15) is 0 Å². The van der Waals surface area contributed by atoms with E-state index in [0.29, 0.717) is 6.54 Å². The summed E-state index contributed by atoms with van der Waals surface area (Å²) in [5.74, 6) is -0.911. The largest absolute Gasteiger partial charge is 0.349 e. The molecule has 2 atom stereocenters. The number of anilines is 1. The third-order valence-electron chi connectivity index (χ3n) is 3.80. The molecule has 2 unspecified atom stereocenters. The van der Waals surface area contributed by atoms with E-state index in [1.165, 1.54) is 6.07 Å². The Morgan fingerprint density at radius 3 is 2.70 bits per heavy atom. The first-order chi connectivity index (χ1) is 10.3. The molecular weight excluding hydrogens is 345 g/mol. The summed E-state index contributed by atoms with van der Waals surface area (Å²) in [4.78, 5) is 12.4. The van der Waals surface area contributed by atoms with Gasteiger partial charge in [0.25, 0.3) is 5.91 Å². The lowest BCUT2D eigenvalue weighted by atomic mass is 10.0. The Bertz CT molecular complexity index is 669. The van der Waals surface area contributed by atoms with E-state index in [-0.39, 0.29) is 35.6 Å². The van der Waals surface area contributed by atoms with E-state index in [9.17, 15) is 17.6 Å². The zero-order valence-electron chi connectivity index (χ0n) is 12.7. The molecule has 1 aliphatic carbocycles. The number of sulfonamides is 1. The van der Waals surface area contributed by atoms with Crippen molar-refractivity contribution in [2.45, 2.75) is 25.3 Å². The maximum Gasteiger partial charge on any atom is 0.253 e. The summed E-state index contributed by atoms with van der Waals surface area (Å²) < 4.78 is 38.3. The molecule has 4 N–H and O–H groups in total. The second-order valence-corrected chi connectivity index (χ2v) is 7.32. The number of rotatable bonds is 5. The van der Waals surface area contributed by atoms with Crippen molar-refractivity contribution < 1.29 is 17.6 Å². The van der Waals surface area contributed by atoms with Gasteiger partial charge in [0.1, 0.15) is 5.82 Å². The van der Waals surface area contributed by atoms with Crippen molar-refractivity contribution in [3.63, 3.8) is 0 Å². The number of hydrogen-bond donors (Lipinski definition) is 3. The van der Waals surface area contributed by atoms with Crippen LogP contribution in [0.5, 0.6) is 0 Å². The van der Waals surface area contributed by atoms with Crippen molar-refractivity contribution >= 4 is 34.0 Å². The topological polar surface area (TPSA) is 101 Å². The SMILES string of the molecule is CS(=O)(=O)Nc1ccc(F)cc1C(=O)NC1CCCC1CN.Cl. The van der Waals surface area contributed by atoms with Crippen LogP contribution in [0.2, 0.25) is 0 Å². The maximum absolute atomic E-state index is 13.4. The van der Waals surface area contributed by atoms with Crippen LogP contribution in [-0.4, -0.2) is 33.2 Å². The van der Waals surface area contributed by atoms with Gasteiger partial charge in [-0.1, -0.05) is 6.42 Å². The number of carbonyl (C=O) groups excluding carboxylic acids is 1. The third-order valence-corrected chi connectivity index (χ3v) is 4.39. The fourth-order valence-corrected chi connectivity index (χ4v) is 3.33. The van der Waals surface area contributed by atoms with Gasteiger partial charge < -0.3 is 11.1 Å². The quantitative estimate of drug-likeness (QED) is 0.735. The van der Waals surface area contributed by atoms with Gasteiger partial charge >= 0.3 is 0 Å². The Morgan fingerprint density at radius 2 is 2.09 bits per heavy atom. The molecule has 0 heterocycles. The predicted octanol–water partition coefficient (Wildman–Crippen LogP) is 1.48. The summed E-state index contributed by atoms with van der Waals surface area (Å²) in [6, 6.07) is 3.30. The Hall–Kier alpha value is -1.38. The molecule has 1 aromatic rings. The first-order valence-corrected chi connectivity index (χ1v) is 8.97. The van der Waals surface area contributed by atoms with Crippen LogP contribution >= 0.6 is 12.4 Å². The number of halogens is 2. The lowest BCUT2D eigenvalue weighted by molar-refractivity contribution is 0.0929. The first kappa shape index (κ1) is 19.7. The zero-order chi connectivity index (χ0) is 16.3. The monoisotopic (exact) mass is 365 g/mol. The summed E-state index contributed by atoms with van der Waals surface area (Å²) >= 11 is 0. The summed E-state index contributed by atoms with van der Waals surface area (Å²) in [5, 5.41) is 2.83. The van der Waals surface area contributed by atoms with Gasteiger partial charge in [-0.15, -0.1) is 12.4 Å². The summed E-state index contributed by atoms with van der Waals surface area (Å²) in [6.45, 7) is 0.475. The fraction of sp³-hybridized carbons (Fsp3) is 0.500. The van der Waals surface area contributed by atoms with Crippen molar-refractivity contribution in [1.29, 1.82) is 0 Å². The van der Waals surface area contributed by atoms with Gasteiger partial charge in [-0.3, -0.25) is 9.52 Å².